The van der Waals surface area contributed by atoms with Crippen molar-refractivity contribution in [2.75, 3.05) is 31.1 Å². The van der Waals surface area contributed by atoms with Gasteiger partial charge in [-0.05, 0) is 83.5 Å². The number of carbonyl (C=O) groups is 2. The zero-order valence-electron chi connectivity index (χ0n) is 24.0. The Bertz CT molecular complexity index is 1470. The topological polar surface area (TPSA) is 109 Å². The highest BCUT2D eigenvalue weighted by Crippen LogP contribution is 2.32. The number of ether oxygens (including phenoxy) is 2. The van der Waals surface area contributed by atoms with Crippen LogP contribution in [0, 0.1) is 0 Å². The third-order valence-corrected chi connectivity index (χ3v) is 6.30. The lowest BCUT2D eigenvalue weighted by Crippen LogP contribution is -2.54. The number of hydrogen-bond acceptors (Lipinski definition) is 7. The van der Waals surface area contributed by atoms with Crippen LogP contribution in [0.3, 0.4) is 0 Å². The molecular weight excluding hydrogens is 567 g/mol. The minimum Gasteiger partial charge on any atom is -0.444 e. The number of carbonyl (C=O) groups excluding carboxylic acids is 2. The highest BCUT2D eigenvalue weighted by atomic mass is 35.5. The summed E-state index contributed by atoms with van der Waals surface area (Å²) in [5, 5.41) is 4.18. The quantitative estimate of drug-likeness (QED) is 0.200. The molecule has 0 atom stereocenters. The van der Waals surface area contributed by atoms with Crippen molar-refractivity contribution in [2.24, 2.45) is 4.99 Å². The van der Waals surface area contributed by atoms with Gasteiger partial charge in [-0.15, -0.1) is 4.99 Å². The fourth-order valence-corrected chi connectivity index (χ4v) is 4.61. The number of aliphatic imine (C=N–C) groups is 1. The maximum atomic E-state index is 12.5. The van der Waals surface area contributed by atoms with Crippen LogP contribution in [0.25, 0.3) is 22.2 Å². The van der Waals surface area contributed by atoms with Gasteiger partial charge in [-0.3, -0.25) is 5.32 Å². The summed E-state index contributed by atoms with van der Waals surface area (Å²) in [5.74, 6) is 0.0841. The molecule has 2 amide bonds. The van der Waals surface area contributed by atoms with Crippen molar-refractivity contribution in [3.05, 3.63) is 52.8 Å². The lowest BCUT2D eigenvalue weighted by Gasteiger charge is -2.37. The van der Waals surface area contributed by atoms with Crippen LogP contribution in [0.15, 0.2) is 47.5 Å². The van der Waals surface area contributed by atoms with Crippen molar-refractivity contribution < 1.29 is 19.1 Å². The van der Waals surface area contributed by atoms with E-state index in [1.807, 2.05) is 41.3 Å². The van der Waals surface area contributed by atoms with Crippen LogP contribution in [0.5, 0.6) is 0 Å². The number of hydrogen-bond donors (Lipinski definition) is 1. The number of aromatic nitrogens is 2. The number of amides is 2. The van der Waals surface area contributed by atoms with Gasteiger partial charge in [-0.2, -0.15) is 0 Å². The molecule has 1 fully saturated rings. The second-order valence-corrected chi connectivity index (χ2v) is 12.3. The van der Waals surface area contributed by atoms with E-state index in [1.165, 1.54) is 0 Å². The summed E-state index contributed by atoms with van der Waals surface area (Å²) in [7, 11) is 0. The Labute approximate surface area is 249 Å². The fraction of sp³-hybridized carbons (Fsp3) is 0.414. The Kier molecular flexibility index (Phi) is 8.94. The molecule has 2 aromatic carbocycles. The molecule has 1 aromatic heterocycles. The number of nitrogens with zero attached hydrogens (tertiary/aromatic N) is 5. The second-order valence-electron chi connectivity index (χ2n) is 11.6. The smallest absolute Gasteiger partial charge is 0.437 e. The lowest BCUT2D eigenvalue weighted by molar-refractivity contribution is 0.0554. The predicted octanol–water partition coefficient (Wildman–Crippen LogP) is 6.54. The van der Waals surface area contributed by atoms with Gasteiger partial charge in [-0.25, -0.2) is 19.6 Å². The molecule has 1 saturated heterocycles. The minimum absolute atomic E-state index is 0.0841. The molecule has 1 aliphatic rings. The third-order valence-electron chi connectivity index (χ3n) is 5.90. The van der Waals surface area contributed by atoms with Gasteiger partial charge in [-0.1, -0.05) is 23.7 Å². The monoisotopic (exact) mass is 600 g/mol. The Morgan fingerprint density at radius 2 is 1.59 bits per heavy atom. The summed E-state index contributed by atoms with van der Waals surface area (Å²) in [6.07, 6.45) is -1.50. The van der Waals surface area contributed by atoms with Crippen molar-refractivity contribution in [1.29, 1.82) is 0 Å². The number of halogens is 2. The van der Waals surface area contributed by atoms with Crippen LogP contribution in [-0.2, 0) is 9.47 Å². The summed E-state index contributed by atoms with van der Waals surface area (Å²) >= 11 is 12.5. The first-order valence-corrected chi connectivity index (χ1v) is 14.0. The zero-order chi connectivity index (χ0) is 29.9. The van der Waals surface area contributed by atoms with E-state index in [1.54, 1.807) is 47.6 Å². The van der Waals surface area contributed by atoms with E-state index in [2.05, 4.69) is 25.2 Å². The van der Waals surface area contributed by atoms with E-state index in [4.69, 9.17) is 32.7 Å². The number of piperazine rings is 1. The molecule has 3 aromatic rings. The van der Waals surface area contributed by atoms with Gasteiger partial charge in [0, 0.05) is 47.8 Å². The molecule has 4 rings (SSSR count). The molecule has 1 aliphatic heterocycles. The van der Waals surface area contributed by atoms with Gasteiger partial charge < -0.3 is 19.3 Å². The molecule has 2 heterocycles. The largest absolute Gasteiger partial charge is 0.444 e. The van der Waals surface area contributed by atoms with Crippen LogP contribution in [0.1, 0.15) is 41.5 Å². The number of rotatable bonds is 2. The molecule has 10 nitrogen and oxygen atoms in total. The highest BCUT2D eigenvalue weighted by molar-refractivity contribution is 6.31. The summed E-state index contributed by atoms with van der Waals surface area (Å²) in [6.45, 7) is 12.7. The van der Waals surface area contributed by atoms with Gasteiger partial charge in [0.2, 0.25) is 11.2 Å². The average Bonchev–Trinajstić information content (AvgIpc) is 2.86. The SMILES string of the molecule is CC(C)(C)OC(=O)N=C(NC(=O)OC(C)(C)C)N1CCN(c2cccc(-c3nc(Cl)nc4ccc(Cl)cc34)c2)CC1. The Balaban J connectivity index is 1.54. The van der Waals surface area contributed by atoms with E-state index in [-0.39, 0.29) is 11.2 Å². The lowest BCUT2D eigenvalue weighted by atomic mass is 10.1. The van der Waals surface area contributed by atoms with E-state index in [9.17, 15) is 9.59 Å². The maximum Gasteiger partial charge on any atom is 0.437 e. The normalized spacial score (nSPS) is 14.7. The van der Waals surface area contributed by atoms with Crippen molar-refractivity contribution in [1.82, 2.24) is 20.2 Å². The number of guanidine groups is 1. The van der Waals surface area contributed by atoms with Crippen molar-refractivity contribution in [2.45, 2.75) is 52.7 Å². The second kappa shape index (κ2) is 12.1. The van der Waals surface area contributed by atoms with Gasteiger partial charge in [0.1, 0.15) is 11.2 Å². The molecule has 0 spiro atoms. The predicted molar refractivity (Wildman–Crippen MR) is 162 cm³/mol. The molecule has 0 unspecified atom stereocenters. The number of nitrogens with one attached hydrogen (secondary N) is 1. The Hall–Kier alpha value is -3.63. The standard InChI is InChI=1S/C29H34Cl2N6O4/c1-28(2,3)40-26(38)34-25(35-27(39)41-29(4,5)6)37-14-12-36(13-15-37)20-9-7-8-18(16-20)23-21-17-19(30)10-11-22(21)32-24(31)33-23/h7-11,16-17H,12-15H2,1-6H3,(H,34,35,38,39). The van der Waals surface area contributed by atoms with Crippen LogP contribution in [-0.4, -0.2) is 70.4 Å². The molecular formula is C29H34Cl2N6O4. The molecule has 0 bridgehead atoms. The van der Waals surface area contributed by atoms with Gasteiger partial charge >= 0.3 is 12.2 Å². The van der Waals surface area contributed by atoms with Gasteiger partial charge in [0.15, 0.2) is 0 Å². The van der Waals surface area contributed by atoms with E-state index in [0.717, 1.165) is 16.6 Å². The first-order chi connectivity index (χ1) is 19.2. The van der Waals surface area contributed by atoms with Crippen molar-refractivity contribution in [3.8, 4) is 11.3 Å². The molecule has 12 heteroatoms. The first kappa shape index (κ1) is 30.3. The van der Waals surface area contributed by atoms with Crippen molar-refractivity contribution >= 4 is 57.9 Å². The number of anilines is 1. The summed E-state index contributed by atoms with van der Waals surface area (Å²) < 4.78 is 10.7. The first-order valence-electron chi connectivity index (χ1n) is 13.2. The Morgan fingerprint density at radius 3 is 2.24 bits per heavy atom. The minimum atomic E-state index is -0.797. The number of benzene rings is 2. The summed E-state index contributed by atoms with van der Waals surface area (Å²) in [5.41, 5.74) is 1.81. The summed E-state index contributed by atoms with van der Waals surface area (Å²) in [4.78, 5) is 42.0. The molecule has 218 valence electrons. The third kappa shape index (κ3) is 8.43. The summed E-state index contributed by atoms with van der Waals surface area (Å²) in [6, 6.07) is 13.4. The van der Waals surface area contributed by atoms with Gasteiger partial charge in [0.05, 0.1) is 11.2 Å². The van der Waals surface area contributed by atoms with Crippen LogP contribution >= 0.6 is 23.2 Å². The molecule has 41 heavy (non-hydrogen) atoms. The molecule has 0 radical (unpaired) electrons. The maximum absolute atomic E-state index is 12.5. The van der Waals surface area contributed by atoms with E-state index in [0.29, 0.717) is 42.4 Å². The average molecular weight is 602 g/mol. The van der Waals surface area contributed by atoms with E-state index >= 15 is 0 Å². The Morgan fingerprint density at radius 1 is 0.902 bits per heavy atom. The molecule has 0 saturated carbocycles. The van der Waals surface area contributed by atoms with E-state index < -0.39 is 23.4 Å². The van der Waals surface area contributed by atoms with Crippen LogP contribution < -0.4 is 10.2 Å². The van der Waals surface area contributed by atoms with Crippen LogP contribution in [0.4, 0.5) is 15.3 Å². The van der Waals surface area contributed by atoms with Gasteiger partial charge in [0.25, 0.3) is 0 Å². The molecule has 0 aliphatic carbocycles. The zero-order valence-corrected chi connectivity index (χ0v) is 25.5. The number of alkyl carbamates (subject to hydrolysis) is 1. The highest BCUT2D eigenvalue weighted by Gasteiger charge is 2.26. The fourth-order valence-electron chi connectivity index (χ4n) is 4.26. The van der Waals surface area contributed by atoms with Crippen molar-refractivity contribution in [3.63, 3.8) is 0 Å². The van der Waals surface area contributed by atoms with Crippen LogP contribution in [0.2, 0.25) is 10.3 Å². The molecule has 1 N–H and O–H groups in total. The number of fused-ring (bicyclic) bond motifs is 1.